The van der Waals surface area contributed by atoms with Gasteiger partial charge in [-0.15, -0.1) is 6.58 Å². The van der Waals surface area contributed by atoms with E-state index in [2.05, 4.69) is 6.58 Å². The third-order valence-corrected chi connectivity index (χ3v) is 2.67. The lowest BCUT2D eigenvalue weighted by atomic mass is 9.88. The van der Waals surface area contributed by atoms with Gasteiger partial charge in [0, 0.05) is 17.5 Å². The monoisotopic (exact) mass is 235 g/mol. The van der Waals surface area contributed by atoms with Crippen LogP contribution in [0, 0.1) is 5.82 Å². The molecule has 0 aliphatic rings. The fourth-order valence-corrected chi connectivity index (χ4v) is 1.82. The Balaban J connectivity index is 3.13. The smallest absolute Gasteiger partial charge is 0.134 e. The van der Waals surface area contributed by atoms with Crippen molar-refractivity contribution >= 4 is 5.78 Å². The Labute approximate surface area is 101 Å². The Bertz CT molecular complexity index is 438. The highest BCUT2D eigenvalue weighted by atomic mass is 19.1. The number of carbonyl (C=O) groups excluding carboxylic acids is 1. The van der Waals surface area contributed by atoms with E-state index in [1.165, 1.54) is 13.0 Å². The fraction of sp³-hybridized carbons (Fsp3) is 0.357. The van der Waals surface area contributed by atoms with E-state index in [1.807, 2.05) is 0 Å². The number of hydrogen-bond donors (Lipinski definition) is 1. The third-order valence-electron chi connectivity index (χ3n) is 2.67. The first-order valence-corrected chi connectivity index (χ1v) is 5.55. The van der Waals surface area contributed by atoms with Crippen molar-refractivity contribution in [1.82, 2.24) is 0 Å². The van der Waals surface area contributed by atoms with Gasteiger partial charge in [-0.2, -0.15) is 0 Å². The van der Waals surface area contributed by atoms with Crippen molar-refractivity contribution in [2.75, 3.05) is 0 Å². The maximum Gasteiger partial charge on any atom is 0.134 e. The minimum absolute atomic E-state index is 0.0463. The minimum atomic E-state index is -0.793. The second-order valence-electron chi connectivity index (χ2n) is 4.60. The highest BCUT2D eigenvalue weighted by Crippen LogP contribution is 2.26. The molecule has 1 aromatic carbocycles. The molecule has 17 heavy (non-hydrogen) atoms. The van der Waals surface area contributed by atoms with Gasteiger partial charge in [-0.05, 0) is 31.9 Å². The third kappa shape index (κ3) is 3.49. The van der Waals surface area contributed by atoms with Gasteiger partial charge in [0.05, 0.1) is 0 Å². The molecule has 0 fully saturated rings. The molecule has 0 unspecified atom stereocenters. The van der Waals surface area contributed by atoms with E-state index < -0.39 is 5.54 Å². The maximum absolute atomic E-state index is 13.7. The molecule has 0 amide bonds. The van der Waals surface area contributed by atoms with Gasteiger partial charge in [0.15, 0.2) is 0 Å². The number of rotatable bonds is 5. The molecule has 1 rings (SSSR count). The Morgan fingerprint density at radius 1 is 1.59 bits per heavy atom. The van der Waals surface area contributed by atoms with Crippen LogP contribution in [0.1, 0.15) is 31.4 Å². The van der Waals surface area contributed by atoms with Crippen molar-refractivity contribution in [3.8, 4) is 0 Å². The molecule has 1 aromatic rings. The van der Waals surface area contributed by atoms with E-state index in [1.54, 1.807) is 25.1 Å². The number of carbonyl (C=O) groups is 1. The van der Waals surface area contributed by atoms with Gasteiger partial charge in [0.2, 0.25) is 0 Å². The van der Waals surface area contributed by atoms with Crippen LogP contribution in [0.4, 0.5) is 4.39 Å². The van der Waals surface area contributed by atoms with E-state index in [-0.39, 0.29) is 11.6 Å². The van der Waals surface area contributed by atoms with Crippen LogP contribution in [0.5, 0.6) is 0 Å². The summed E-state index contributed by atoms with van der Waals surface area (Å²) in [6, 6.07) is 4.65. The quantitative estimate of drug-likeness (QED) is 0.797. The normalized spacial score (nSPS) is 14.1. The lowest BCUT2D eigenvalue weighted by Crippen LogP contribution is -2.33. The Morgan fingerprint density at radius 3 is 2.76 bits per heavy atom. The summed E-state index contributed by atoms with van der Waals surface area (Å²) in [4.78, 5) is 11.0. The van der Waals surface area contributed by atoms with Crippen molar-refractivity contribution in [2.45, 2.75) is 32.2 Å². The van der Waals surface area contributed by atoms with E-state index in [9.17, 15) is 9.18 Å². The van der Waals surface area contributed by atoms with Crippen molar-refractivity contribution in [3.05, 3.63) is 47.8 Å². The predicted molar refractivity (Wildman–Crippen MR) is 67.1 cm³/mol. The van der Waals surface area contributed by atoms with Gasteiger partial charge in [-0.1, -0.05) is 18.2 Å². The Hall–Kier alpha value is -1.48. The van der Waals surface area contributed by atoms with Gasteiger partial charge in [-0.25, -0.2) is 4.39 Å². The summed E-state index contributed by atoms with van der Waals surface area (Å²) in [5.74, 6) is -0.297. The van der Waals surface area contributed by atoms with Crippen LogP contribution >= 0.6 is 0 Å². The standard InChI is InChI=1S/C14H18FNO/c1-4-7-14(3,16)12-9-11(8-10(2)17)5-6-13(12)15/h4-6,9H,1,7-8,16H2,2-3H3/t14-/m0/s1. The first kappa shape index (κ1) is 13.6. The summed E-state index contributed by atoms with van der Waals surface area (Å²) in [5, 5.41) is 0. The lowest BCUT2D eigenvalue weighted by molar-refractivity contribution is -0.116. The number of ketones is 1. The largest absolute Gasteiger partial charge is 0.321 e. The second-order valence-corrected chi connectivity index (χ2v) is 4.60. The molecule has 0 saturated carbocycles. The summed E-state index contributed by atoms with van der Waals surface area (Å²) >= 11 is 0. The SMILES string of the molecule is C=CC[C@](C)(N)c1cc(CC(C)=O)ccc1F. The van der Waals surface area contributed by atoms with Crippen LogP contribution in [0.25, 0.3) is 0 Å². The van der Waals surface area contributed by atoms with E-state index in [4.69, 9.17) is 5.73 Å². The minimum Gasteiger partial charge on any atom is -0.321 e. The summed E-state index contributed by atoms with van der Waals surface area (Å²) in [5.41, 5.74) is 6.47. The molecular weight excluding hydrogens is 217 g/mol. The Morgan fingerprint density at radius 2 is 2.24 bits per heavy atom. The lowest BCUT2D eigenvalue weighted by Gasteiger charge is -2.24. The van der Waals surface area contributed by atoms with Crippen LogP contribution in [0.2, 0.25) is 0 Å². The van der Waals surface area contributed by atoms with Crippen LogP contribution < -0.4 is 5.73 Å². The molecule has 0 spiro atoms. The number of benzene rings is 1. The van der Waals surface area contributed by atoms with E-state index in [0.717, 1.165) is 5.56 Å². The zero-order valence-corrected chi connectivity index (χ0v) is 10.3. The molecule has 2 N–H and O–H groups in total. The fourth-order valence-electron chi connectivity index (χ4n) is 1.82. The zero-order valence-electron chi connectivity index (χ0n) is 10.3. The number of halogens is 1. The van der Waals surface area contributed by atoms with Gasteiger partial charge in [-0.3, -0.25) is 4.79 Å². The molecule has 0 aliphatic heterocycles. The number of Topliss-reactive ketones (excluding diaryl/α,β-unsaturated/α-hetero) is 1. The van der Waals surface area contributed by atoms with Gasteiger partial charge >= 0.3 is 0 Å². The topological polar surface area (TPSA) is 43.1 Å². The molecule has 0 heterocycles. The number of hydrogen-bond acceptors (Lipinski definition) is 2. The predicted octanol–water partition coefficient (Wildman–Crippen LogP) is 2.71. The summed E-state index contributed by atoms with van der Waals surface area (Å²) < 4.78 is 13.7. The molecule has 92 valence electrons. The summed E-state index contributed by atoms with van der Waals surface area (Å²) in [6.45, 7) is 6.88. The van der Waals surface area contributed by atoms with E-state index in [0.29, 0.717) is 18.4 Å². The molecule has 2 nitrogen and oxygen atoms in total. The van der Waals surface area contributed by atoms with Crippen molar-refractivity contribution in [1.29, 1.82) is 0 Å². The summed E-state index contributed by atoms with van der Waals surface area (Å²) in [6.07, 6.45) is 2.45. The van der Waals surface area contributed by atoms with Crippen LogP contribution in [-0.4, -0.2) is 5.78 Å². The molecule has 1 atom stereocenters. The highest BCUT2D eigenvalue weighted by molar-refractivity contribution is 5.78. The molecule has 0 radical (unpaired) electrons. The van der Waals surface area contributed by atoms with Gasteiger partial charge in [0.1, 0.15) is 11.6 Å². The molecule has 0 bridgehead atoms. The average Bonchev–Trinajstić information content (AvgIpc) is 2.20. The van der Waals surface area contributed by atoms with Crippen LogP contribution in [-0.2, 0) is 16.8 Å². The first-order chi connectivity index (χ1) is 7.86. The molecule has 0 aromatic heterocycles. The van der Waals surface area contributed by atoms with Crippen LogP contribution in [0.15, 0.2) is 30.9 Å². The highest BCUT2D eigenvalue weighted by Gasteiger charge is 2.23. The van der Waals surface area contributed by atoms with Crippen molar-refractivity contribution in [2.24, 2.45) is 5.73 Å². The van der Waals surface area contributed by atoms with Crippen molar-refractivity contribution in [3.63, 3.8) is 0 Å². The zero-order chi connectivity index (χ0) is 13.1. The average molecular weight is 235 g/mol. The Kier molecular flexibility index (Phi) is 4.18. The first-order valence-electron chi connectivity index (χ1n) is 5.55. The van der Waals surface area contributed by atoms with Crippen LogP contribution in [0.3, 0.4) is 0 Å². The molecule has 0 saturated heterocycles. The second kappa shape index (κ2) is 5.23. The van der Waals surface area contributed by atoms with Gasteiger partial charge in [0.25, 0.3) is 0 Å². The van der Waals surface area contributed by atoms with Gasteiger partial charge < -0.3 is 5.73 Å². The summed E-state index contributed by atoms with van der Waals surface area (Å²) in [7, 11) is 0. The molecular formula is C14H18FNO. The molecule has 0 aliphatic carbocycles. The molecule has 3 heteroatoms. The van der Waals surface area contributed by atoms with E-state index >= 15 is 0 Å². The number of nitrogens with two attached hydrogens (primary N) is 1. The maximum atomic E-state index is 13.7. The van der Waals surface area contributed by atoms with Crippen molar-refractivity contribution < 1.29 is 9.18 Å².